The molecule has 0 radical (unpaired) electrons. The molecule has 1 fully saturated rings. The van der Waals surface area contributed by atoms with Gasteiger partial charge in [-0.05, 0) is 24.0 Å². The predicted octanol–water partition coefficient (Wildman–Crippen LogP) is 4.40. The molecule has 134 valence electrons. The Labute approximate surface area is 160 Å². The highest BCUT2D eigenvalue weighted by atomic mass is 35.5. The van der Waals surface area contributed by atoms with Crippen molar-refractivity contribution in [3.63, 3.8) is 0 Å². The van der Waals surface area contributed by atoms with Crippen molar-refractivity contribution in [1.82, 2.24) is 9.88 Å². The van der Waals surface area contributed by atoms with Crippen molar-refractivity contribution in [1.29, 1.82) is 0 Å². The lowest BCUT2D eigenvalue weighted by Gasteiger charge is -2.42. The van der Waals surface area contributed by atoms with E-state index in [0.717, 1.165) is 43.3 Å². The van der Waals surface area contributed by atoms with E-state index < -0.39 is 0 Å². The van der Waals surface area contributed by atoms with Gasteiger partial charge in [-0.15, -0.1) is 24.8 Å². The number of benzene rings is 1. The first-order chi connectivity index (χ1) is 10.4. The average molecular weight is 393 g/mol. The molecule has 1 aromatic carbocycles. The fourth-order valence-corrected chi connectivity index (χ4v) is 3.16. The largest absolute Gasteiger partial charge is 0.439 e. The SMILES string of the molecule is CC1(C)CN(Cc2ncc(-c3cccc(Cl)c3)o2)CCC1N.Cl.Cl. The van der Waals surface area contributed by atoms with Crippen LogP contribution in [0.15, 0.2) is 34.9 Å². The summed E-state index contributed by atoms with van der Waals surface area (Å²) in [6, 6.07) is 7.87. The summed E-state index contributed by atoms with van der Waals surface area (Å²) < 4.78 is 5.88. The summed E-state index contributed by atoms with van der Waals surface area (Å²) in [5.74, 6) is 1.49. The van der Waals surface area contributed by atoms with Gasteiger partial charge in [0.1, 0.15) is 0 Å². The molecule has 0 saturated carbocycles. The Kier molecular flexibility index (Phi) is 7.57. The van der Waals surface area contributed by atoms with Crippen LogP contribution in [0, 0.1) is 5.41 Å². The third-order valence-electron chi connectivity index (χ3n) is 4.41. The van der Waals surface area contributed by atoms with Crippen molar-refractivity contribution >= 4 is 36.4 Å². The second-order valence-electron chi connectivity index (χ2n) is 6.72. The molecule has 1 saturated heterocycles. The van der Waals surface area contributed by atoms with E-state index in [1.54, 1.807) is 6.20 Å². The number of nitrogens with zero attached hydrogens (tertiary/aromatic N) is 2. The Balaban J connectivity index is 0.00000144. The number of nitrogens with two attached hydrogens (primary N) is 1. The van der Waals surface area contributed by atoms with E-state index in [9.17, 15) is 0 Å². The quantitative estimate of drug-likeness (QED) is 0.841. The second kappa shape index (κ2) is 8.54. The zero-order valence-electron chi connectivity index (χ0n) is 13.9. The highest BCUT2D eigenvalue weighted by molar-refractivity contribution is 6.30. The summed E-state index contributed by atoms with van der Waals surface area (Å²) in [5.41, 5.74) is 7.26. The molecular formula is C17H24Cl3N3O. The van der Waals surface area contributed by atoms with Gasteiger partial charge in [-0.2, -0.15) is 0 Å². The number of oxazole rings is 1. The van der Waals surface area contributed by atoms with Crippen LogP contribution in [0.4, 0.5) is 0 Å². The number of likely N-dealkylation sites (tertiary alicyclic amines) is 1. The molecule has 1 aliphatic rings. The van der Waals surface area contributed by atoms with Crippen LogP contribution in [0.2, 0.25) is 5.02 Å². The van der Waals surface area contributed by atoms with Gasteiger partial charge in [0.05, 0.1) is 12.7 Å². The summed E-state index contributed by atoms with van der Waals surface area (Å²) in [5, 5.41) is 0.696. The van der Waals surface area contributed by atoms with Crippen molar-refractivity contribution in [2.24, 2.45) is 11.1 Å². The summed E-state index contributed by atoms with van der Waals surface area (Å²) >= 11 is 6.02. The molecule has 0 bridgehead atoms. The molecule has 24 heavy (non-hydrogen) atoms. The Morgan fingerprint density at radius 3 is 2.79 bits per heavy atom. The molecule has 4 nitrogen and oxygen atoms in total. The van der Waals surface area contributed by atoms with Crippen LogP contribution in [-0.2, 0) is 6.54 Å². The molecule has 1 unspecified atom stereocenters. The van der Waals surface area contributed by atoms with Crippen LogP contribution in [0.3, 0.4) is 0 Å². The van der Waals surface area contributed by atoms with Crippen molar-refractivity contribution < 1.29 is 4.42 Å². The first-order valence-electron chi connectivity index (χ1n) is 7.63. The van der Waals surface area contributed by atoms with Gasteiger partial charge in [0.2, 0.25) is 5.89 Å². The fourth-order valence-electron chi connectivity index (χ4n) is 2.97. The molecule has 0 spiro atoms. The lowest BCUT2D eigenvalue weighted by molar-refractivity contribution is 0.0832. The average Bonchev–Trinajstić information content (AvgIpc) is 2.91. The van der Waals surface area contributed by atoms with E-state index in [0.29, 0.717) is 5.02 Å². The molecule has 0 aliphatic carbocycles. The number of rotatable bonds is 3. The van der Waals surface area contributed by atoms with Crippen LogP contribution in [0.1, 0.15) is 26.2 Å². The second-order valence-corrected chi connectivity index (χ2v) is 7.16. The van der Waals surface area contributed by atoms with E-state index in [2.05, 4.69) is 23.7 Å². The maximum Gasteiger partial charge on any atom is 0.209 e. The van der Waals surface area contributed by atoms with Gasteiger partial charge in [0, 0.05) is 29.7 Å². The third-order valence-corrected chi connectivity index (χ3v) is 4.65. The zero-order chi connectivity index (χ0) is 15.7. The number of piperidine rings is 1. The first kappa shape index (κ1) is 21.3. The molecule has 2 N–H and O–H groups in total. The van der Waals surface area contributed by atoms with E-state index >= 15 is 0 Å². The minimum atomic E-state index is 0. The smallest absolute Gasteiger partial charge is 0.209 e. The van der Waals surface area contributed by atoms with Gasteiger partial charge in [0.15, 0.2) is 5.76 Å². The monoisotopic (exact) mass is 391 g/mol. The van der Waals surface area contributed by atoms with E-state index in [1.807, 2.05) is 24.3 Å². The molecule has 1 atom stereocenters. The van der Waals surface area contributed by atoms with Crippen LogP contribution in [0.5, 0.6) is 0 Å². The Morgan fingerprint density at radius 2 is 2.12 bits per heavy atom. The molecule has 1 aromatic heterocycles. The van der Waals surface area contributed by atoms with E-state index in [-0.39, 0.29) is 36.3 Å². The fraction of sp³-hybridized carbons (Fsp3) is 0.471. The molecule has 2 heterocycles. The van der Waals surface area contributed by atoms with Gasteiger partial charge in [-0.25, -0.2) is 4.98 Å². The maximum absolute atomic E-state index is 6.18. The highest BCUT2D eigenvalue weighted by Crippen LogP contribution is 2.29. The minimum absolute atomic E-state index is 0. The van der Waals surface area contributed by atoms with Crippen molar-refractivity contribution in [3.8, 4) is 11.3 Å². The summed E-state index contributed by atoms with van der Waals surface area (Å²) in [4.78, 5) is 6.76. The Morgan fingerprint density at radius 1 is 1.38 bits per heavy atom. The van der Waals surface area contributed by atoms with Gasteiger partial charge >= 0.3 is 0 Å². The standard InChI is InChI=1S/C17H22ClN3O.2ClH/c1-17(2)11-21(7-6-15(17)19)10-16-20-9-14(22-16)12-4-3-5-13(18)8-12;;/h3-5,8-9,15H,6-7,10-11,19H2,1-2H3;2*1H. The van der Waals surface area contributed by atoms with Gasteiger partial charge in [-0.1, -0.05) is 37.6 Å². The highest BCUT2D eigenvalue weighted by Gasteiger charge is 2.33. The Hall–Kier alpha value is -0.780. The van der Waals surface area contributed by atoms with E-state index in [4.69, 9.17) is 21.8 Å². The van der Waals surface area contributed by atoms with Gasteiger partial charge < -0.3 is 10.2 Å². The van der Waals surface area contributed by atoms with Crippen LogP contribution >= 0.6 is 36.4 Å². The molecule has 0 amide bonds. The molecule has 3 rings (SSSR count). The van der Waals surface area contributed by atoms with Crippen LogP contribution < -0.4 is 5.73 Å². The number of halogens is 3. The van der Waals surface area contributed by atoms with Crippen LogP contribution in [-0.4, -0.2) is 29.0 Å². The summed E-state index contributed by atoms with van der Waals surface area (Å²) in [6.45, 7) is 7.10. The minimum Gasteiger partial charge on any atom is -0.439 e. The predicted molar refractivity (Wildman–Crippen MR) is 103 cm³/mol. The van der Waals surface area contributed by atoms with E-state index in [1.165, 1.54) is 0 Å². The molecule has 1 aliphatic heterocycles. The normalized spacial score (nSPS) is 20.1. The van der Waals surface area contributed by atoms with Gasteiger partial charge in [0.25, 0.3) is 0 Å². The van der Waals surface area contributed by atoms with Crippen molar-refractivity contribution in [3.05, 3.63) is 41.4 Å². The third kappa shape index (κ3) is 4.87. The molecule has 2 aromatic rings. The maximum atomic E-state index is 6.18. The molecule has 7 heteroatoms. The Bertz CT molecular complexity index is 660. The topological polar surface area (TPSA) is 55.3 Å². The van der Waals surface area contributed by atoms with Crippen LogP contribution in [0.25, 0.3) is 11.3 Å². The zero-order valence-corrected chi connectivity index (χ0v) is 16.3. The van der Waals surface area contributed by atoms with Crippen molar-refractivity contribution in [2.75, 3.05) is 13.1 Å². The summed E-state index contributed by atoms with van der Waals surface area (Å²) in [6.07, 6.45) is 2.77. The number of hydrogen-bond donors (Lipinski definition) is 1. The first-order valence-corrected chi connectivity index (χ1v) is 8.00. The number of aromatic nitrogens is 1. The van der Waals surface area contributed by atoms with Crippen molar-refractivity contribution in [2.45, 2.75) is 32.9 Å². The lowest BCUT2D eigenvalue weighted by Crippen LogP contribution is -2.52. The number of hydrogen-bond acceptors (Lipinski definition) is 4. The lowest BCUT2D eigenvalue weighted by atomic mass is 9.80. The summed E-state index contributed by atoms with van der Waals surface area (Å²) in [7, 11) is 0. The molecular weight excluding hydrogens is 369 g/mol. The van der Waals surface area contributed by atoms with Gasteiger partial charge in [-0.3, -0.25) is 4.90 Å².